The summed E-state index contributed by atoms with van der Waals surface area (Å²) in [7, 11) is 0. The maximum atomic E-state index is 13.7. The van der Waals surface area contributed by atoms with E-state index < -0.39 is 6.04 Å². The van der Waals surface area contributed by atoms with Crippen molar-refractivity contribution in [3.05, 3.63) is 113 Å². The van der Waals surface area contributed by atoms with Crippen LogP contribution in [0, 0.1) is 0 Å². The van der Waals surface area contributed by atoms with Crippen LogP contribution >= 0.6 is 15.9 Å². The summed E-state index contributed by atoms with van der Waals surface area (Å²) in [4.78, 5) is 28.8. The molecule has 0 aliphatic carbocycles. The Labute approximate surface area is 226 Å². The van der Waals surface area contributed by atoms with Crippen molar-refractivity contribution in [3.8, 4) is 5.75 Å². The van der Waals surface area contributed by atoms with E-state index in [1.807, 2.05) is 104 Å². The van der Waals surface area contributed by atoms with Crippen LogP contribution in [0.3, 0.4) is 0 Å². The summed E-state index contributed by atoms with van der Waals surface area (Å²) in [5.41, 5.74) is 1.92. The van der Waals surface area contributed by atoms with E-state index in [-0.39, 0.29) is 18.4 Å². The maximum Gasteiger partial charge on any atom is 0.261 e. The van der Waals surface area contributed by atoms with Gasteiger partial charge in [0.2, 0.25) is 5.91 Å². The van der Waals surface area contributed by atoms with Gasteiger partial charge in [0.25, 0.3) is 5.91 Å². The van der Waals surface area contributed by atoms with E-state index in [0.29, 0.717) is 25.3 Å². The minimum atomic E-state index is -0.679. The molecule has 1 N–H and O–H groups in total. The first kappa shape index (κ1) is 26.4. The molecule has 37 heavy (non-hydrogen) atoms. The lowest BCUT2D eigenvalue weighted by Crippen LogP contribution is -2.51. The van der Waals surface area contributed by atoms with E-state index in [4.69, 9.17) is 4.74 Å². The van der Waals surface area contributed by atoms with Gasteiger partial charge in [-0.3, -0.25) is 9.59 Å². The number of nitrogens with one attached hydrogen (secondary N) is 1. The Bertz CT molecular complexity index is 1320. The second-order valence-electron chi connectivity index (χ2n) is 8.91. The van der Waals surface area contributed by atoms with Crippen molar-refractivity contribution in [2.45, 2.75) is 32.4 Å². The first-order valence-corrected chi connectivity index (χ1v) is 13.3. The number of fused-ring (bicyclic) bond motifs is 1. The zero-order valence-corrected chi connectivity index (χ0v) is 22.5. The molecule has 0 saturated carbocycles. The number of carbonyl (C=O) groups excluding carboxylic acids is 2. The van der Waals surface area contributed by atoms with Gasteiger partial charge in [-0.25, -0.2) is 0 Å². The van der Waals surface area contributed by atoms with Crippen molar-refractivity contribution in [3.63, 3.8) is 0 Å². The highest BCUT2D eigenvalue weighted by Gasteiger charge is 2.30. The van der Waals surface area contributed by atoms with Crippen LogP contribution in [-0.2, 0) is 22.6 Å². The highest BCUT2D eigenvalue weighted by atomic mass is 79.9. The molecule has 5 nitrogen and oxygen atoms in total. The molecule has 4 aromatic rings. The molecule has 0 radical (unpaired) electrons. The van der Waals surface area contributed by atoms with E-state index in [0.717, 1.165) is 32.8 Å². The van der Waals surface area contributed by atoms with Gasteiger partial charge in [-0.05, 0) is 41.1 Å². The summed E-state index contributed by atoms with van der Waals surface area (Å²) >= 11 is 3.47. The summed E-state index contributed by atoms with van der Waals surface area (Å²) in [5, 5.41) is 4.98. The van der Waals surface area contributed by atoms with Crippen molar-refractivity contribution in [1.29, 1.82) is 0 Å². The number of hydrogen-bond donors (Lipinski definition) is 1. The quantitative estimate of drug-likeness (QED) is 0.240. The molecule has 0 saturated heterocycles. The van der Waals surface area contributed by atoms with Gasteiger partial charge in [-0.2, -0.15) is 0 Å². The summed E-state index contributed by atoms with van der Waals surface area (Å²) in [6, 6.07) is 30.6. The molecule has 0 fully saturated rings. The first-order chi connectivity index (χ1) is 18.0. The lowest BCUT2D eigenvalue weighted by Gasteiger charge is -2.31. The highest BCUT2D eigenvalue weighted by Crippen LogP contribution is 2.25. The molecular formula is C31H31BrN2O3. The zero-order valence-electron chi connectivity index (χ0n) is 20.9. The van der Waals surface area contributed by atoms with E-state index >= 15 is 0 Å². The Balaban J connectivity index is 1.62. The van der Waals surface area contributed by atoms with E-state index in [1.165, 1.54) is 0 Å². The topological polar surface area (TPSA) is 58.6 Å². The van der Waals surface area contributed by atoms with Crippen LogP contribution in [0.5, 0.6) is 5.75 Å². The van der Waals surface area contributed by atoms with Crippen molar-refractivity contribution < 1.29 is 14.3 Å². The third kappa shape index (κ3) is 7.20. The molecule has 2 amide bonds. The van der Waals surface area contributed by atoms with Crippen LogP contribution in [0.25, 0.3) is 10.8 Å². The van der Waals surface area contributed by atoms with E-state index in [9.17, 15) is 9.59 Å². The van der Waals surface area contributed by atoms with Crippen LogP contribution in [0.15, 0.2) is 102 Å². The Kier molecular flexibility index (Phi) is 9.33. The molecular weight excluding hydrogens is 528 g/mol. The molecule has 4 rings (SSSR count). The number of nitrogens with zero attached hydrogens (tertiary/aromatic N) is 1. The average molecular weight is 560 g/mol. The zero-order chi connectivity index (χ0) is 26.0. The summed E-state index contributed by atoms with van der Waals surface area (Å²) < 4.78 is 7.00. The minimum Gasteiger partial charge on any atom is -0.483 e. The number of rotatable bonds is 11. The molecule has 0 spiro atoms. The standard InChI is InChI=1S/C31H31BrN2O3/c1-2-19-33-31(36)28(20-23-9-4-3-5-10-23)34(21-24-15-17-26(32)18-16-24)30(35)22-37-29-14-8-12-25-11-6-7-13-27(25)29/h3-18,28H,2,19-22H2,1H3,(H,33,36). The molecule has 4 aromatic carbocycles. The van der Waals surface area contributed by atoms with E-state index in [2.05, 4.69) is 21.2 Å². The van der Waals surface area contributed by atoms with Crippen molar-refractivity contribution in [2.75, 3.05) is 13.2 Å². The molecule has 6 heteroatoms. The van der Waals surface area contributed by atoms with Gasteiger partial charge < -0.3 is 15.0 Å². The molecule has 1 unspecified atom stereocenters. The van der Waals surface area contributed by atoms with Gasteiger partial charge in [0, 0.05) is 29.4 Å². The Morgan fingerprint density at radius 2 is 1.57 bits per heavy atom. The fraction of sp³-hybridized carbons (Fsp3) is 0.226. The molecule has 0 aliphatic rings. The maximum absolute atomic E-state index is 13.7. The molecule has 1 atom stereocenters. The second kappa shape index (κ2) is 13.1. The average Bonchev–Trinajstić information content (AvgIpc) is 2.93. The number of amides is 2. The van der Waals surface area contributed by atoms with Crippen LogP contribution in [-0.4, -0.2) is 35.9 Å². The third-order valence-corrected chi connectivity index (χ3v) is 6.72. The van der Waals surface area contributed by atoms with Crippen molar-refractivity contribution >= 4 is 38.5 Å². The monoisotopic (exact) mass is 558 g/mol. The Hall–Kier alpha value is -3.64. The van der Waals surface area contributed by atoms with Gasteiger partial charge >= 0.3 is 0 Å². The molecule has 0 aliphatic heterocycles. The predicted octanol–water partition coefficient (Wildman–Crippen LogP) is 6.15. The molecule has 0 heterocycles. The van der Waals surface area contributed by atoms with Gasteiger partial charge in [-0.1, -0.05) is 102 Å². The molecule has 0 aromatic heterocycles. The number of ether oxygens (including phenoxy) is 1. The first-order valence-electron chi connectivity index (χ1n) is 12.5. The molecule has 0 bridgehead atoms. The fourth-order valence-electron chi connectivity index (χ4n) is 4.25. The fourth-order valence-corrected chi connectivity index (χ4v) is 4.51. The Morgan fingerprint density at radius 3 is 2.32 bits per heavy atom. The largest absolute Gasteiger partial charge is 0.483 e. The normalized spacial score (nSPS) is 11.6. The SMILES string of the molecule is CCCNC(=O)C(Cc1ccccc1)N(Cc1ccc(Br)cc1)C(=O)COc1cccc2ccccc12. The van der Waals surface area contributed by atoms with Crippen LogP contribution in [0.1, 0.15) is 24.5 Å². The van der Waals surface area contributed by atoms with Gasteiger partial charge in [0.15, 0.2) is 6.61 Å². The Morgan fingerprint density at radius 1 is 0.865 bits per heavy atom. The van der Waals surface area contributed by atoms with Crippen LogP contribution in [0.2, 0.25) is 0 Å². The van der Waals surface area contributed by atoms with Crippen molar-refractivity contribution in [2.24, 2.45) is 0 Å². The predicted molar refractivity (Wildman–Crippen MR) is 151 cm³/mol. The summed E-state index contributed by atoms with van der Waals surface area (Å²) in [5.74, 6) is 0.231. The van der Waals surface area contributed by atoms with Crippen LogP contribution < -0.4 is 10.1 Å². The van der Waals surface area contributed by atoms with Crippen LogP contribution in [0.4, 0.5) is 0 Å². The van der Waals surface area contributed by atoms with Gasteiger partial charge in [0.05, 0.1) is 0 Å². The van der Waals surface area contributed by atoms with E-state index in [1.54, 1.807) is 4.90 Å². The second-order valence-corrected chi connectivity index (χ2v) is 9.83. The lowest BCUT2D eigenvalue weighted by atomic mass is 10.0. The smallest absolute Gasteiger partial charge is 0.261 e. The van der Waals surface area contributed by atoms with Crippen molar-refractivity contribution in [1.82, 2.24) is 10.2 Å². The molecule has 190 valence electrons. The number of benzene rings is 4. The summed E-state index contributed by atoms with van der Waals surface area (Å²) in [6.07, 6.45) is 1.22. The van der Waals surface area contributed by atoms with Gasteiger partial charge in [-0.15, -0.1) is 0 Å². The minimum absolute atomic E-state index is 0.165. The lowest BCUT2D eigenvalue weighted by molar-refractivity contribution is -0.142. The highest BCUT2D eigenvalue weighted by molar-refractivity contribution is 9.10. The van der Waals surface area contributed by atoms with Gasteiger partial charge in [0.1, 0.15) is 11.8 Å². The number of halogens is 1. The number of carbonyl (C=O) groups is 2. The summed E-state index contributed by atoms with van der Waals surface area (Å²) in [6.45, 7) is 2.69. The number of hydrogen-bond acceptors (Lipinski definition) is 3. The third-order valence-electron chi connectivity index (χ3n) is 6.19.